The molecule has 23 heavy (non-hydrogen) atoms. The van der Waals surface area contributed by atoms with Gasteiger partial charge < -0.3 is 14.8 Å². The first-order chi connectivity index (χ1) is 11.1. The Morgan fingerprint density at radius 3 is 2.17 bits per heavy atom. The van der Waals surface area contributed by atoms with Gasteiger partial charge in [0.25, 0.3) is 11.8 Å². The Morgan fingerprint density at radius 1 is 0.913 bits per heavy atom. The van der Waals surface area contributed by atoms with E-state index in [9.17, 15) is 9.59 Å². The van der Waals surface area contributed by atoms with Crippen LogP contribution in [0, 0.1) is 0 Å². The minimum Gasteiger partial charge on any atom is -0.357 e. The summed E-state index contributed by atoms with van der Waals surface area (Å²) in [4.78, 5) is 31.4. The van der Waals surface area contributed by atoms with E-state index in [2.05, 4.69) is 4.98 Å². The highest BCUT2D eigenvalue weighted by molar-refractivity contribution is 6.30. The number of rotatable bonds is 2. The van der Waals surface area contributed by atoms with Crippen LogP contribution in [0.3, 0.4) is 0 Å². The molecule has 1 N–H and O–H groups in total. The Bertz CT molecular complexity index is 682. The van der Waals surface area contributed by atoms with Gasteiger partial charge >= 0.3 is 0 Å². The molecule has 1 aromatic heterocycles. The molecule has 2 aromatic rings. The Balaban J connectivity index is 1.65. The van der Waals surface area contributed by atoms with Gasteiger partial charge in [0.1, 0.15) is 5.69 Å². The van der Waals surface area contributed by atoms with Crippen molar-refractivity contribution >= 4 is 23.4 Å². The first kappa shape index (κ1) is 15.6. The minimum absolute atomic E-state index is 0.0177. The van der Waals surface area contributed by atoms with Gasteiger partial charge in [-0.1, -0.05) is 11.6 Å². The van der Waals surface area contributed by atoms with Gasteiger partial charge in [-0.25, -0.2) is 0 Å². The predicted molar refractivity (Wildman–Crippen MR) is 88.7 cm³/mol. The van der Waals surface area contributed by atoms with E-state index in [0.717, 1.165) is 6.42 Å². The van der Waals surface area contributed by atoms with Crippen LogP contribution < -0.4 is 0 Å². The third-order valence-corrected chi connectivity index (χ3v) is 4.24. The molecule has 0 bridgehead atoms. The van der Waals surface area contributed by atoms with E-state index in [4.69, 9.17) is 11.6 Å². The molecule has 3 rings (SSSR count). The van der Waals surface area contributed by atoms with Gasteiger partial charge in [0.2, 0.25) is 0 Å². The fourth-order valence-corrected chi connectivity index (χ4v) is 2.86. The van der Waals surface area contributed by atoms with E-state index in [-0.39, 0.29) is 11.8 Å². The standard InChI is InChI=1S/C17H18ClN3O2/c18-14-6-4-13(5-7-14)16(22)20-9-2-10-21(12-11-20)17(23)15-3-1-8-19-15/h1,3-8,19H,2,9-12H2. The number of benzene rings is 1. The smallest absolute Gasteiger partial charge is 0.270 e. The Kier molecular flexibility index (Phi) is 4.67. The van der Waals surface area contributed by atoms with Crippen LogP contribution in [0.5, 0.6) is 0 Å². The number of aromatic nitrogens is 1. The van der Waals surface area contributed by atoms with Crippen molar-refractivity contribution < 1.29 is 9.59 Å². The number of hydrogen-bond donors (Lipinski definition) is 1. The van der Waals surface area contributed by atoms with Crippen LogP contribution in [0.1, 0.15) is 27.3 Å². The maximum atomic E-state index is 12.5. The van der Waals surface area contributed by atoms with Gasteiger partial charge in [0.05, 0.1) is 0 Å². The summed E-state index contributed by atoms with van der Waals surface area (Å²) >= 11 is 5.86. The highest BCUT2D eigenvalue weighted by Crippen LogP contribution is 2.14. The van der Waals surface area contributed by atoms with Crippen molar-refractivity contribution in [2.24, 2.45) is 0 Å². The number of carbonyl (C=O) groups is 2. The molecule has 6 heteroatoms. The molecule has 0 atom stereocenters. The van der Waals surface area contributed by atoms with Crippen LogP contribution in [0.2, 0.25) is 5.02 Å². The quantitative estimate of drug-likeness (QED) is 0.919. The van der Waals surface area contributed by atoms with Crippen LogP contribution >= 0.6 is 11.6 Å². The molecular weight excluding hydrogens is 314 g/mol. The second kappa shape index (κ2) is 6.87. The number of carbonyl (C=O) groups excluding carboxylic acids is 2. The minimum atomic E-state index is -0.0178. The van der Waals surface area contributed by atoms with Gasteiger partial charge in [0.15, 0.2) is 0 Å². The zero-order chi connectivity index (χ0) is 16.2. The molecule has 1 aliphatic rings. The molecular formula is C17H18ClN3O2. The molecule has 120 valence electrons. The summed E-state index contributed by atoms with van der Waals surface area (Å²) in [5.41, 5.74) is 1.21. The van der Waals surface area contributed by atoms with Crippen molar-refractivity contribution in [2.75, 3.05) is 26.2 Å². The summed E-state index contributed by atoms with van der Waals surface area (Å²) in [5.74, 6) is -0.0355. The average Bonchev–Trinajstić information content (AvgIpc) is 2.99. The average molecular weight is 332 g/mol. The molecule has 0 saturated carbocycles. The van der Waals surface area contributed by atoms with Crippen LogP contribution in [-0.4, -0.2) is 52.8 Å². The van der Waals surface area contributed by atoms with E-state index in [1.807, 2.05) is 0 Å². The van der Waals surface area contributed by atoms with Crippen LogP contribution in [-0.2, 0) is 0 Å². The topological polar surface area (TPSA) is 56.4 Å². The summed E-state index contributed by atoms with van der Waals surface area (Å²) in [5, 5.41) is 0.611. The molecule has 5 nitrogen and oxygen atoms in total. The van der Waals surface area contributed by atoms with E-state index in [0.29, 0.717) is 42.5 Å². The van der Waals surface area contributed by atoms with Crippen molar-refractivity contribution in [3.63, 3.8) is 0 Å². The number of H-pyrrole nitrogens is 1. The summed E-state index contributed by atoms with van der Waals surface area (Å²) in [7, 11) is 0. The number of hydrogen-bond acceptors (Lipinski definition) is 2. The first-order valence-electron chi connectivity index (χ1n) is 7.62. The Labute approximate surface area is 139 Å². The van der Waals surface area contributed by atoms with Gasteiger partial charge in [-0.15, -0.1) is 0 Å². The van der Waals surface area contributed by atoms with Crippen LogP contribution in [0.15, 0.2) is 42.6 Å². The van der Waals surface area contributed by atoms with Gasteiger partial charge in [-0.2, -0.15) is 0 Å². The third-order valence-electron chi connectivity index (χ3n) is 3.99. The molecule has 1 fully saturated rings. The van der Waals surface area contributed by atoms with Crippen LogP contribution in [0.25, 0.3) is 0 Å². The lowest BCUT2D eigenvalue weighted by Crippen LogP contribution is -2.37. The molecule has 0 radical (unpaired) electrons. The lowest BCUT2D eigenvalue weighted by Gasteiger charge is -2.22. The molecule has 0 spiro atoms. The first-order valence-corrected chi connectivity index (χ1v) is 8.00. The molecule has 1 aliphatic heterocycles. The maximum Gasteiger partial charge on any atom is 0.270 e. The van der Waals surface area contributed by atoms with Crippen molar-refractivity contribution in [3.05, 3.63) is 58.9 Å². The largest absolute Gasteiger partial charge is 0.357 e. The molecule has 2 amide bonds. The molecule has 0 unspecified atom stereocenters. The number of nitrogens with zero attached hydrogens (tertiary/aromatic N) is 2. The summed E-state index contributed by atoms with van der Waals surface area (Å²) in [6.45, 7) is 2.38. The monoisotopic (exact) mass is 331 g/mol. The van der Waals surface area contributed by atoms with E-state index in [1.165, 1.54) is 0 Å². The normalized spacial score (nSPS) is 15.3. The summed E-state index contributed by atoms with van der Waals surface area (Å²) in [6, 6.07) is 10.5. The molecule has 0 aliphatic carbocycles. The highest BCUT2D eigenvalue weighted by Gasteiger charge is 2.23. The molecule has 2 heterocycles. The lowest BCUT2D eigenvalue weighted by atomic mass is 10.2. The van der Waals surface area contributed by atoms with E-state index < -0.39 is 0 Å². The van der Waals surface area contributed by atoms with Crippen molar-refractivity contribution in [1.29, 1.82) is 0 Å². The fourth-order valence-electron chi connectivity index (χ4n) is 2.73. The maximum absolute atomic E-state index is 12.5. The van der Waals surface area contributed by atoms with Crippen molar-refractivity contribution in [3.8, 4) is 0 Å². The number of halogens is 1. The number of nitrogens with one attached hydrogen (secondary N) is 1. The fraction of sp³-hybridized carbons (Fsp3) is 0.294. The van der Waals surface area contributed by atoms with E-state index in [1.54, 1.807) is 52.4 Å². The predicted octanol–water partition coefficient (Wildman–Crippen LogP) is 2.66. The second-order valence-electron chi connectivity index (χ2n) is 5.53. The van der Waals surface area contributed by atoms with Crippen LogP contribution in [0.4, 0.5) is 0 Å². The molecule has 1 saturated heterocycles. The number of aromatic amines is 1. The second-order valence-corrected chi connectivity index (χ2v) is 5.97. The zero-order valence-corrected chi connectivity index (χ0v) is 13.4. The Hall–Kier alpha value is -2.27. The lowest BCUT2D eigenvalue weighted by molar-refractivity contribution is 0.0716. The van der Waals surface area contributed by atoms with E-state index >= 15 is 0 Å². The van der Waals surface area contributed by atoms with Gasteiger partial charge in [-0.3, -0.25) is 9.59 Å². The Morgan fingerprint density at radius 2 is 1.57 bits per heavy atom. The SMILES string of the molecule is O=C(c1ccc(Cl)cc1)N1CCCN(C(=O)c2ccc[nH]2)CC1. The summed E-state index contributed by atoms with van der Waals surface area (Å²) in [6.07, 6.45) is 2.51. The molecule has 1 aromatic carbocycles. The number of amides is 2. The zero-order valence-electron chi connectivity index (χ0n) is 12.7. The highest BCUT2D eigenvalue weighted by atomic mass is 35.5. The van der Waals surface area contributed by atoms with Gasteiger partial charge in [0, 0.05) is 43.0 Å². The summed E-state index contributed by atoms with van der Waals surface area (Å²) < 4.78 is 0. The third kappa shape index (κ3) is 3.56. The van der Waals surface area contributed by atoms with Gasteiger partial charge in [-0.05, 0) is 42.8 Å². The van der Waals surface area contributed by atoms with Crippen molar-refractivity contribution in [1.82, 2.24) is 14.8 Å². The van der Waals surface area contributed by atoms with Crippen molar-refractivity contribution in [2.45, 2.75) is 6.42 Å².